The zero-order chi connectivity index (χ0) is 15.2. The molecule has 2 N–H and O–H groups in total. The number of aliphatic hydroxyl groups excluding tert-OH is 1. The smallest absolute Gasteiger partial charge is 0.251 e. The van der Waals surface area contributed by atoms with E-state index >= 15 is 0 Å². The Labute approximate surface area is 120 Å². The molecule has 0 saturated heterocycles. The number of carbonyl (C=O) groups is 1. The van der Waals surface area contributed by atoms with E-state index in [9.17, 15) is 4.79 Å². The van der Waals surface area contributed by atoms with Crippen LogP contribution in [0.1, 0.15) is 35.3 Å². The van der Waals surface area contributed by atoms with Crippen molar-refractivity contribution in [2.75, 3.05) is 20.3 Å². The van der Waals surface area contributed by atoms with Gasteiger partial charge in [-0.15, -0.1) is 0 Å². The van der Waals surface area contributed by atoms with Gasteiger partial charge in [-0.05, 0) is 38.5 Å². The number of amides is 1. The molecule has 0 aliphatic heterocycles. The highest BCUT2D eigenvalue weighted by Crippen LogP contribution is 2.12. The van der Waals surface area contributed by atoms with Crippen molar-refractivity contribution in [3.8, 4) is 11.8 Å². The van der Waals surface area contributed by atoms with E-state index in [0.717, 1.165) is 5.56 Å². The highest BCUT2D eigenvalue weighted by molar-refractivity contribution is 5.96. The molecular weight excluding hydrogens is 254 g/mol. The Morgan fingerprint density at radius 1 is 1.45 bits per heavy atom. The number of carbonyl (C=O) groups excluding carboxylic acids is 1. The lowest BCUT2D eigenvalue weighted by atomic mass is 10.0. The molecule has 0 fully saturated rings. The summed E-state index contributed by atoms with van der Waals surface area (Å²) in [6, 6.07) is 5.40. The Morgan fingerprint density at radius 2 is 2.15 bits per heavy atom. The Bertz CT molecular complexity index is 538. The molecule has 0 unspecified atom stereocenters. The Kier molecular flexibility index (Phi) is 5.75. The zero-order valence-corrected chi connectivity index (χ0v) is 12.4. The molecule has 0 aliphatic rings. The summed E-state index contributed by atoms with van der Waals surface area (Å²) in [6.07, 6.45) is 0. The third-order valence-corrected chi connectivity index (χ3v) is 3.02. The van der Waals surface area contributed by atoms with Crippen molar-refractivity contribution in [1.29, 1.82) is 0 Å². The van der Waals surface area contributed by atoms with Gasteiger partial charge in [0.05, 0.1) is 5.60 Å². The third-order valence-electron chi connectivity index (χ3n) is 3.02. The Hall–Kier alpha value is -1.83. The van der Waals surface area contributed by atoms with Gasteiger partial charge in [-0.25, -0.2) is 0 Å². The summed E-state index contributed by atoms with van der Waals surface area (Å²) in [7, 11) is 1.61. The van der Waals surface area contributed by atoms with Crippen LogP contribution in [0.25, 0.3) is 0 Å². The van der Waals surface area contributed by atoms with Crippen LogP contribution in [0, 0.1) is 18.8 Å². The van der Waals surface area contributed by atoms with Gasteiger partial charge in [-0.1, -0.05) is 17.9 Å². The maximum atomic E-state index is 12.2. The van der Waals surface area contributed by atoms with E-state index in [1.54, 1.807) is 13.2 Å². The van der Waals surface area contributed by atoms with Crippen LogP contribution in [0.4, 0.5) is 0 Å². The summed E-state index contributed by atoms with van der Waals surface area (Å²) in [4.78, 5) is 12.2. The fourth-order valence-electron chi connectivity index (χ4n) is 1.55. The first-order valence-electron chi connectivity index (χ1n) is 6.43. The Balaban J connectivity index is 2.87. The van der Waals surface area contributed by atoms with Crippen molar-refractivity contribution < 1.29 is 14.6 Å². The molecule has 4 nitrogen and oxygen atoms in total. The molecule has 0 saturated carbocycles. The molecule has 1 aromatic carbocycles. The van der Waals surface area contributed by atoms with Gasteiger partial charge in [0.1, 0.15) is 6.61 Å². The number of aryl methyl sites for hydroxylation is 1. The van der Waals surface area contributed by atoms with Crippen LogP contribution in [0.5, 0.6) is 0 Å². The van der Waals surface area contributed by atoms with Gasteiger partial charge in [0, 0.05) is 24.8 Å². The number of hydrogen-bond donors (Lipinski definition) is 2. The Morgan fingerprint density at radius 3 is 2.75 bits per heavy atom. The minimum Gasteiger partial charge on any atom is -0.384 e. The number of aliphatic hydroxyl groups is 1. The molecule has 0 spiro atoms. The fraction of sp³-hybridized carbons (Fsp3) is 0.438. The lowest BCUT2D eigenvalue weighted by molar-refractivity contribution is 0.0228. The first-order valence-corrected chi connectivity index (χ1v) is 6.43. The summed E-state index contributed by atoms with van der Waals surface area (Å²) in [5, 5.41) is 11.5. The quantitative estimate of drug-likeness (QED) is 0.819. The molecule has 0 bridgehead atoms. The van der Waals surface area contributed by atoms with Gasteiger partial charge in [-0.3, -0.25) is 4.79 Å². The van der Waals surface area contributed by atoms with Gasteiger partial charge in [0.2, 0.25) is 0 Å². The molecule has 0 aliphatic carbocycles. The van der Waals surface area contributed by atoms with Crippen molar-refractivity contribution in [1.82, 2.24) is 5.32 Å². The summed E-state index contributed by atoms with van der Waals surface area (Å²) in [5.41, 5.74) is 1.77. The van der Waals surface area contributed by atoms with Crippen LogP contribution >= 0.6 is 0 Å². The normalized spacial score (nSPS) is 10.7. The number of ether oxygens (including phenoxy) is 1. The van der Waals surface area contributed by atoms with Crippen molar-refractivity contribution in [3.05, 3.63) is 34.9 Å². The van der Waals surface area contributed by atoms with Crippen LogP contribution in [-0.2, 0) is 4.74 Å². The second-order valence-corrected chi connectivity index (χ2v) is 5.14. The van der Waals surface area contributed by atoms with E-state index in [0.29, 0.717) is 17.7 Å². The molecule has 1 rings (SSSR count). The highest BCUT2D eigenvalue weighted by Gasteiger charge is 2.18. The highest BCUT2D eigenvalue weighted by atomic mass is 16.5. The maximum absolute atomic E-state index is 12.2. The number of methoxy groups -OCH3 is 1. The van der Waals surface area contributed by atoms with Crippen LogP contribution in [0.15, 0.2) is 18.2 Å². The van der Waals surface area contributed by atoms with Gasteiger partial charge in [0.15, 0.2) is 0 Å². The second kappa shape index (κ2) is 7.09. The van der Waals surface area contributed by atoms with Crippen LogP contribution in [-0.4, -0.2) is 36.9 Å². The van der Waals surface area contributed by atoms with E-state index in [-0.39, 0.29) is 12.5 Å². The van der Waals surface area contributed by atoms with E-state index < -0.39 is 5.60 Å². The maximum Gasteiger partial charge on any atom is 0.251 e. The molecule has 1 aromatic rings. The third kappa shape index (κ3) is 4.69. The second-order valence-electron chi connectivity index (χ2n) is 5.14. The lowest BCUT2D eigenvalue weighted by Crippen LogP contribution is -2.39. The predicted molar refractivity (Wildman–Crippen MR) is 78.6 cm³/mol. The van der Waals surface area contributed by atoms with E-state index in [4.69, 9.17) is 9.84 Å². The van der Waals surface area contributed by atoms with Crippen molar-refractivity contribution >= 4 is 5.91 Å². The molecule has 1 amide bonds. The van der Waals surface area contributed by atoms with Gasteiger partial charge >= 0.3 is 0 Å². The standard InChI is InChI=1S/C16H21NO3/c1-12-7-8-13(6-5-9-18)10-14(12)15(19)17-11-16(2,3)20-4/h7-8,10,18H,9,11H2,1-4H3,(H,17,19). The number of rotatable bonds is 4. The topological polar surface area (TPSA) is 58.6 Å². The molecular formula is C16H21NO3. The zero-order valence-electron chi connectivity index (χ0n) is 12.4. The van der Waals surface area contributed by atoms with Crippen molar-refractivity contribution in [2.24, 2.45) is 0 Å². The number of hydrogen-bond acceptors (Lipinski definition) is 3. The average molecular weight is 275 g/mol. The van der Waals surface area contributed by atoms with E-state index in [1.807, 2.05) is 32.9 Å². The van der Waals surface area contributed by atoms with Gasteiger partial charge in [0.25, 0.3) is 5.91 Å². The first-order chi connectivity index (χ1) is 9.39. The molecule has 4 heteroatoms. The lowest BCUT2D eigenvalue weighted by Gasteiger charge is -2.23. The average Bonchev–Trinajstić information content (AvgIpc) is 2.44. The molecule has 20 heavy (non-hydrogen) atoms. The molecule has 0 radical (unpaired) electrons. The molecule has 0 atom stereocenters. The summed E-state index contributed by atoms with van der Waals surface area (Å²) in [5.74, 6) is 5.21. The van der Waals surface area contributed by atoms with Gasteiger partial charge < -0.3 is 15.2 Å². The van der Waals surface area contributed by atoms with Crippen LogP contribution < -0.4 is 5.32 Å². The summed E-state index contributed by atoms with van der Waals surface area (Å²) < 4.78 is 5.27. The van der Waals surface area contributed by atoms with Crippen LogP contribution in [0.2, 0.25) is 0 Å². The molecule has 0 heterocycles. The molecule has 0 aromatic heterocycles. The largest absolute Gasteiger partial charge is 0.384 e. The fourth-order valence-corrected chi connectivity index (χ4v) is 1.55. The van der Waals surface area contributed by atoms with Crippen molar-refractivity contribution in [3.63, 3.8) is 0 Å². The molecule has 108 valence electrons. The summed E-state index contributed by atoms with van der Waals surface area (Å²) >= 11 is 0. The summed E-state index contributed by atoms with van der Waals surface area (Å²) in [6.45, 7) is 5.91. The monoisotopic (exact) mass is 275 g/mol. The van der Waals surface area contributed by atoms with Crippen molar-refractivity contribution in [2.45, 2.75) is 26.4 Å². The van der Waals surface area contributed by atoms with Crippen LogP contribution in [0.3, 0.4) is 0 Å². The number of nitrogens with one attached hydrogen (secondary N) is 1. The number of benzene rings is 1. The van der Waals surface area contributed by atoms with E-state index in [2.05, 4.69) is 17.2 Å². The minimum absolute atomic E-state index is 0.153. The minimum atomic E-state index is -0.405. The van der Waals surface area contributed by atoms with E-state index in [1.165, 1.54) is 0 Å². The predicted octanol–water partition coefficient (Wildman–Crippen LogP) is 1.49. The first kappa shape index (κ1) is 16.2. The SMILES string of the molecule is COC(C)(C)CNC(=O)c1cc(C#CCO)ccc1C. The van der Waals surface area contributed by atoms with Gasteiger partial charge in [-0.2, -0.15) is 0 Å².